The van der Waals surface area contributed by atoms with Gasteiger partial charge in [-0.2, -0.15) is 5.26 Å². The fourth-order valence-electron chi connectivity index (χ4n) is 10.1. The molecule has 0 saturated carbocycles. The number of thiophene rings is 1. The van der Waals surface area contributed by atoms with E-state index in [9.17, 15) is 5.26 Å². The Morgan fingerprint density at radius 2 is 1.00 bits per heavy atom. The SMILES string of the molecule is [C-]#[N+]c1c(-c2ccccc2)c(C#N)c(-n2c3ccccc3c3c4c(ccc32)sc2ccccc24)c(-c2ccccc2)c1-n1c2cccc3c4nccnc4c4cccc1c4c32. The highest BCUT2D eigenvalue weighted by molar-refractivity contribution is 7.26. The highest BCUT2D eigenvalue weighted by Gasteiger charge is 2.32. The Balaban J connectivity index is 1.32. The molecule has 0 unspecified atom stereocenters. The molecule has 0 aliphatic carbocycles. The molecule has 0 atom stereocenters. The van der Waals surface area contributed by atoms with Crippen LogP contribution in [0.5, 0.6) is 0 Å². The van der Waals surface area contributed by atoms with Gasteiger partial charge in [0.25, 0.3) is 0 Å². The summed E-state index contributed by atoms with van der Waals surface area (Å²) >= 11 is 1.80. The molecule has 9 aromatic carbocycles. The fourth-order valence-corrected chi connectivity index (χ4v) is 11.2. The molecule has 0 bridgehead atoms. The minimum atomic E-state index is 0.403. The molecule has 280 valence electrons. The number of benzene rings is 9. The van der Waals surface area contributed by atoms with E-state index in [1.807, 2.05) is 48.5 Å². The van der Waals surface area contributed by atoms with E-state index < -0.39 is 0 Å². The molecule has 0 saturated heterocycles. The van der Waals surface area contributed by atoms with Crippen LogP contribution in [0.1, 0.15) is 5.56 Å². The average Bonchev–Trinajstić information content (AvgIpc) is 3.99. The van der Waals surface area contributed by atoms with Crippen LogP contribution in [0, 0.1) is 17.9 Å². The first-order valence-corrected chi connectivity index (χ1v) is 20.9. The van der Waals surface area contributed by atoms with Crippen LogP contribution in [0.15, 0.2) is 170 Å². The lowest BCUT2D eigenvalue weighted by Gasteiger charge is -2.25. The van der Waals surface area contributed by atoms with Crippen molar-refractivity contribution >= 4 is 103 Å². The van der Waals surface area contributed by atoms with Crippen molar-refractivity contribution in [3.8, 4) is 39.7 Å². The van der Waals surface area contributed by atoms with Crippen LogP contribution in [0.3, 0.4) is 0 Å². The molecular formula is C54H28N6S. The van der Waals surface area contributed by atoms with E-state index >= 15 is 0 Å². The van der Waals surface area contributed by atoms with E-state index in [4.69, 9.17) is 16.5 Å². The van der Waals surface area contributed by atoms with Gasteiger partial charge >= 0.3 is 0 Å². The second kappa shape index (κ2) is 12.6. The van der Waals surface area contributed by atoms with Crippen LogP contribution in [-0.2, 0) is 0 Å². The van der Waals surface area contributed by atoms with Crippen LogP contribution in [0.4, 0.5) is 5.69 Å². The largest absolute Gasteiger partial charge is 0.318 e. The summed E-state index contributed by atoms with van der Waals surface area (Å²) in [6.07, 6.45) is 3.50. The molecule has 4 heterocycles. The van der Waals surface area contributed by atoms with Crippen molar-refractivity contribution < 1.29 is 0 Å². The summed E-state index contributed by atoms with van der Waals surface area (Å²) in [4.78, 5) is 14.2. The Labute approximate surface area is 352 Å². The number of hydrogen-bond donors (Lipinski definition) is 0. The molecule has 4 aromatic heterocycles. The van der Waals surface area contributed by atoms with Gasteiger partial charge in [0.15, 0.2) is 0 Å². The minimum Gasteiger partial charge on any atom is -0.318 e. The topological polar surface area (TPSA) is 63.8 Å². The molecule has 13 aromatic rings. The summed E-state index contributed by atoms with van der Waals surface area (Å²) in [7, 11) is 0. The molecule has 0 aliphatic rings. The van der Waals surface area contributed by atoms with Crippen molar-refractivity contribution in [2.75, 3.05) is 0 Å². The first-order valence-electron chi connectivity index (χ1n) is 20.1. The van der Waals surface area contributed by atoms with Gasteiger partial charge in [-0.05, 0) is 47.5 Å². The third-order valence-corrected chi connectivity index (χ3v) is 13.6. The molecule has 0 aliphatic heterocycles. The Morgan fingerprint density at radius 1 is 0.475 bits per heavy atom. The third-order valence-electron chi connectivity index (χ3n) is 12.4. The van der Waals surface area contributed by atoms with Gasteiger partial charge in [0, 0.05) is 76.0 Å². The molecule has 7 heteroatoms. The lowest BCUT2D eigenvalue weighted by atomic mass is 9.88. The zero-order chi connectivity index (χ0) is 40.3. The summed E-state index contributed by atoms with van der Waals surface area (Å²) in [5.74, 6) is 0. The third kappa shape index (κ3) is 4.42. The maximum Gasteiger partial charge on any atom is 0.220 e. The van der Waals surface area contributed by atoms with E-state index in [0.717, 1.165) is 87.8 Å². The molecular weight excluding hydrogens is 765 g/mol. The van der Waals surface area contributed by atoms with Crippen LogP contribution < -0.4 is 0 Å². The zero-order valence-electron chi connectivity index (χ0n) is 32.3. The van der Waals surface area contributed by atoms with E-state index in [1.54, 1.807) is 23.7 Å². The van der Waals surface area contributed by atoms with Crippen molar-refractivity contribution in [2.45, 2.75) is 0 Å². The molecule has 0 radical (unpaired) electrons. The van der Waals surface area contributed by atoms with Crippen molar-refractivity contribution in [3.05, 3.63) is 187 Å². The molecule has 0 amide bonds. The molecule has 61 heavy (non-hydrogen) atoms. The number of rotatable bonds is 4. The first kappa shape index (κ1) is 33.6. The molecule has 6 nitrogen and oxygen atoms in total. The van der Waals surface area contributed by atoms with Gasteiger partial charge in [0.1, 0.15) is 6.07 Å². The summed E-state index contributed by atoms with van der Waals surface area (Å²) in [6.45, 7) is 9.16. The molecule has 13 rings (SSSR count). The number of fused-ring (bicyclic) bond motifs is 10. The number of nitriles is 1. The van der Waals surface area contributed by atoms with Crippen LogP contribution >= 0.6 is 11.3 Å². The molecule has 0 N–H and O–H groups in total. The predicted octanol–water partition coefficient (Wildman–Crippen LogP) is 14.5. The maximum atomic E-state index is 11.7. The Hall–Kier alpha value is -8.36. The summed E-state index contributed by atoms with van der Waals surface area (Å²) < 4.78 is 7.01. The van der Waals surface area contributed by atoms with Crippen LogP contribution in [-0.4, -0.2) is 19.1 Å². The first-order chi connectivity index (χ1) is 30.2. The highest BCUT2D eigenvalue weighted by atomic mass is 32.1. The number of para-hydroxylation sites is 1. The van der Waals surface area contributed by atoms with Crippen molar-refractivity contribution in [2.24, 2.45) is 0 Å². The van der Waals surface area contributed by atoms with Gasteiger partial charge in [-0.1, -0.05) is 121 Å². The minimum absolute atomic E-state index is 0.403. The zero-order valence-corrected chi connectivity index (χ0v) is 33.1. The standard InChI is InChI=1S/C54H28N6S/c1-56-52-44(31-14-4-2-5-15-31)37(30-55)53(59-38-22-10-8-18-33(38)46-41(59)26-27-43-49(46)34-19-9-11-25-42(34)61-43)45(32-16-6-3-7-17-32)54(52)60-39-23-12-20-35-47(39)48-36(21-13-24-40(48)60)51-50(35)57-28-29-58-51/h2-29H. The van der Waals surface area contributed by atoms with Gasteiger partial charge in [-0.25, -0.2) is 4.85 Å². The maximum absolute atomic E-state index is 11.7. The van der Waals surface area contributed by atoms with Crippen LogP contribution in [0.25, 0.3) is 124 Å². The summed E-state index contributed by atoms with van der Waals surface area (Å²) in [6, 6.07) is 57.2. The Kier molecular flexibility index (Phi) is 6.92. The molecule has 0 spiro atoms. The Morgan fingerprint density at radius 3 is 1.66 bits per heavy atom. The van der Waals surface area contributed by atoms with Gasteiger partial charge in [0.05, 0.1) is 56.6 Å². The van der Waals surface area contributed by atoms with Gasteiger partial charge in [-0.3, -0.25) is 9.97 Å². The van der Waals surface area contributed by atoms with E-state index in [1.165, 1.54) is 20.2 Å². The second-order valence-corrected chi connectivity index (χ2v) is 16.5. The second-order valence-electron chi connectivity index (χ2n) is 15.4. The van der Waals surface area contributed by atoms with E-state index in [2.05, 4.69) is 129 Å². The highest BCUT2D eigenvalue weighted by Crippen LogP contribution is 2.54. The summed E-state index contributed by atoms with van der Waals surface area (Å²) in [5.41, 5.74) is 10.9. The monoisotopic (exact) mass is 792 g/mol. The normalized spacial score (nSPS) is 11.9. The lowest BCUT2D eigenvalue weighted by molar-refractivity contribution is 1.13. The molecule has 0 fully saturated rings. The summed E-state index contributed by atoms with van der Waals surface area (Å²) in [5, 5.41) is 20.5. The van der Waals surface area contributed by atoms with Crippen molar-refractivity contribution in [1.82, 2.24) is 19.1 Å². The fraction of sp³-hybridized carbons (Fsp3) is 0. The number of hydrogen-bond acceptors (Lipinski definition) is 4. The number of nitrogens with zero attached hydrogens (tertiary/aromatic N) is 6. The van der Waals surface area contributed by atoms with Crippen molar-refractivity contribution in [3.63, 3.8) is 0 Å². The van der Waals surface area contributed by atoms with Crippen LogP contribution in [0.2, 0.25) is 0 Å². The smallest absolute Gasteiger partial charge is 0.220 e. The van der Waals surface area contributed by atoms with Gasteiger partial charge < -0.3 is 9.13 Å². The van der Waals surface area contributed by atoms with E-state index in [-0.39, 0.29) is 0 Å². The predicted molar refractivity (Wildman–Crippen MR) is 252 cm³/mol. The lowest BCUT2D eigenvalue weighted by Crippen LogP contribution is -2.08. The number of aromatic nitrogens is 4. The van der Waals surface area contributed by atoms with Gasteiger partial charge in [0.2, 0.25) is 5.69 Å². The van der Waals surface area contributed by atoms with E-state index in [0.29, 0.717) is 22.5 Å². The average molecular weight is 793 g/mol. The van der Waals surface area contributed by atoms with Gasteiger partial charge in [-0.15, -0.1) is 11.3 Å². The Bertz CT molecular complexity index is 3980. The quantitative estimate of drug-likeness (QED) is 0.132. The van der Waals surface area contributed by atoms with Crippen molar-refractivity contribution in [1.29, 1.82) is 5.26 Å².